The lowest BCUT2D eigenvalue weighted by atomic mass is 10.1. The molecule has 2 amide bonds. The van der Waals surface area contributed by atoms with Crippen LogP contribution in [0.1, 0.15) is 19.4 Å². The Bertz CT molecular complexity index is 1380. The first-order valence-corrected chi connectivity index (χ1v) is 14.5. The summed E-state index contributed by atoms with van der Waals surface area (Å²) in [6, 6.07) is 18.9. The van der Waals surface area contributed by atoms with E-state index in [1.807, 2.05) is 24.3 Å². The summed E-state index contributed by atoms with van der Waals surface area (Å²) in [5, 5.41) is 2.74. The molecule has 0 spiro atoms. The molecule has 0 saturated heterocycles. The second kappa shape index (κ2) is 13.5. The zero-order chi connectivity index (χ0) is 28.6. The van der Waals surface area contributed by atoms with Crippen LogP contribution in [-0.4, -0.2) is 58.5 Å². The van der Waals surface area contributed by atoms with Crippen molar-refractivity contribution in [1.82, 2.24) is 10.2 Å². The Kier molecular flexibility index (Phi) is 10.4. The van der Waals surface area contributed by atoms with E-state index in [-0.39, 0.29) is 28.8 Å². The molecular formula is C28H32BrN3O6S. The number of ether oxygens (including phenoxy) is 2. The highest BCUT2D eigenvalue weighted by Crippen LogP contribution is 2.33. The highest BCUT2D eigenvalue weighted by atomic mass is 79.9. The first-order valence-electron chi connectivity index (χ1n) is 12.2. The number of likely N-dealkylation sites (N-methyl/N-ethyl adjacent to an activating group) is 1. The van der Waals surface area contributed by atoms with E-state index in [2.05, 4.69) is 21.2 Å². The Labute approximate surface area is 237 Å². The Morgan fingerprint density at radius 1 is 0.949 bits per heavy atom. The van der Waals surface area contributed by atoms with Gasteiger partial charge in [0.05, 0.1) is 24.8 Å². The topological polar surface area (TPSA) is 105 Å². The van der Waals surface area contributed by atoms with Gasteiger partial charge in [-0.1, -0.05) is 40.2 Å². The van der Waals surface area contributed by atoms with Crippen molar-refractivity contribution < 1.29 is 27.5 Å². The maximum absolute atomic E-state index is 13.9. The number of methoxy groups -OCH3 is 2. The summed E-state index contributed by atoms with van der Waals surface area (Å²) in [6.07, 6.45) is 0. The van der Waals surface area contributed by atoms with Gasteiger partial charge in [0, 0.05) is 17.6 Å². The van der Waals surface area contributed by atoms with Gasteiger partial charge in [-0.25, -0.2) is 8.42 Å². The van der Waals surface area contributed by atoms with Crippen molar-refractivity contribution in [2.24, 2.45) is 0 Å². The zero-order valence-corrected chi connectivity index (χ0v) is 24.7. The number of para-hydroxylation sites is 2. The summed E-state index contributed by atoms with van der Waals surface area (Å²) in [4.78, 5) is 28.0. The molecule has 39 heavy (non-hydrogen) atoms. The van der Waals surface area contributed by atoms with Crippen molar-refractivity contribution in [1.29, 1.82) is 0 Å². The van der Waals surface area contributed by atoms with Gasteiger partial charge in [0.25, 0.3) is 10.0 Å². The van der Waals surface area contributed by atoms with E-state index in [4.69, 9.17) is 9.47 Å². The summed E-state index contributed by atoms with van der Waals surface area (Å²) in [6.45, 7) is 3.34. The molecule has 0 radical (unpaired) electrons. The molecule has 0 aliphatic carbocycles. The molecule has 0 fully saturated rings. The number of sulfonamides is 1. The van der Waals surface area contributed by atoms with Gasteiger partial charge in [0.2, 0.25) is 11.8 Å². The number of benzene rings is 3. The van der Waals surface area contributed by atoms with Crippen LogP contribution in [0.15, 0.2) is 82.2 Å². The van der Waals surface area contributed by atoms with Gasteiger partial charge in [-0.2, -0.15) is 0 Å². The fourth-order valence-electron chi connectivity index (χ4n) is 3.92. The number of anilines is 1. The molecule has 0 unspecified atom stereocenters. The highest BCUT2D eigenvalue weighted by molar-refractivity contribution is 9.10. The van der Waals surface area contributed by atoms with E-state index in [9.17, 15) is 18.0 Å². The quantitative estimate of drug-likeness (QED) is 0.326. The van der Waals surface area contributed by atoms with Gasteiger partial charge in [0.1, 0.15) is 24.1 Å². The van der Waals surface area contributed by atoms with E-state index in [0.29, 0.717) is 12.3 Å². The molecule has 3 rings (SSSR count). The minimum Gasteiger partial charge on any atom is -0.497 e. The summed E-state index contributed by atoms with van der Waals surface area (Å²) < 4.78 is 40.4. The van der Waals surface area contributed by atoms with Gasteiger partial charge >= 0.3 is 0 Å². The predicted octanol–water partition coefficient (Wildman–Crippen LogP) is 4.22. The second-order valence-corrected chi connectivity index (χ2v) is 11.4. The molecule has 3 aromatic rings. The lowest BCUT2D eigenvalue weighted by Crippen LogP contribution is -2.51. The first kappa shape index (κ1) is 30.0. The maximum atomic E-state index is 13.9. The molecule has 9 nitrogen and oxygen atoms in total. The number of halogens is 1. The van der Waals surface area contributed by atoms with E-state index in [0.717, 1.165) is 14.3 Å². The van der Waals surface area contributed by atoms with Crippen LogP contribution in [0, 0.1) is 0 Å². The monoisotopic (exact) mass is 617 g/mol. The van der Waals surface area contributed by atoms with Crippen LogP contribution < -0.4 is 19.1 Å². The van der Waals surface area contributed by atoms with Crippen molar-refractivity contribution in [2.75, 3.05) is 31.6 Å². The summed E-state index contributed by atoms with van der Waals surface area (Å²) in [5.41, 5.74) is 0.975. The number of amides is 2. The Hall–Kier alpha value is -3.57. The Morgan fingerprint density at radius 3 is 2.18 bits per heavy atom. The molecular weight excluding hydrogens is 586 g/mol. The average Bonchev–Trinajstić information content (AvgIpc) is 2.95. The van der Waals surface area contributed by atoms with Crippen LogP contribution in [0.2, 0.25) is 0 Å². The molecule has 1 N–H and O–H groups in total. The van der Waals surface area contributed by atoms with E-state index >= 15 is 0 Å². The highest BCUT2D eigenvalue weighted by Gasteiger charge is 2.33. The van der Waals surface area contributed by atoms with Gasteiger partial charge < -0.3 is 19.7 Å². The molecule has 11 heteroatoms. The van der Waals surface area contributed by atoms with E-state index < -0.39 is 28.5 Å². The number of nitrogens with one attached hydrogen (secondary N) is 1. The average molecular weight is 619 g/mol. The summed E-state index contributed by atoms with van der Waals surface area (Å²) in [5.74, 6) is -0.131. The standard InChI is InChI=1S/C28H32BrN3O6S/c1-5-30-28(34)20(2)31(18-21-10-12-22(29)13-11-21)27(33)19-32(25-8-6-7-9-26(25)38-4)39(35,36)24-16-14-23(37-3)15-17-24/h6-17,20H,5,18-19H2,1-4H3,(H,30,34)/t20-/m0/s1. The van der Waals surface area contributed by atoms with Crippen LogP contribution >= 0.6 is 15.9 Å². The number of carbonyl (C=O) groups is 2. The first-order chi connectivity index (χ1) is 18.6. The third-order valence-electron chi connectivity index (χ3n) is 6.06. The molecule has 3 aromatic carbocycles. The zero-order valence-electron chi connectivity index (χ0n) is 22.3. The predicted molar refractivity (Wildman–Crippen MR) is 153 cm³/mol. The van der Waals surface area contributed by atoms with Crippen LogP contribution in [0.25, 0.3) is 0 Å². The SMILES string of the molecule is CCNC(=O)[C@H](C)N(Cc1ccc(Br)cc1)C(=O)CN(c1ccccc1OC)S(=O)(=O)c1ccc(OC)cc1. The molecule has 0 aliphatic heterocycles. The largest absolute Gasteiger partial charge is 0.497 e. The van der Waals surface area contributed by atoms with Gasteiger partial charge in [-0.3, -0.25) is 13.9 Å². The number of hydrogen-bond acceptors (Lipinski definition) is 6. The van der Waals surface area contributed by atoms with Crippen molar-refractivity contribution in [3.63, 3.8) is 0 Å². The molecule has 0 bridgehead atoms. The van der Waals surface area contributed by atoms with Crippen molar-refractivity contribution in [3.05, 3.63) is 82.8 Å². The third-order valence-corrected chi connectivity index (χ3v) is 8.37. The summed E-state index contributed by atoms with van der Waals surface area (Å²) >= 11 is 3.40. The minimum absolute atomic E-state index is 0.0294. The number of rotatable bonds is 12. The molecule has 0 aromatic heterocycles. The molecule has 0 aliphatic rings. The van der Waals surface area contributed by atoms with Crippen molar-refractivity contribution >= 4 is 43.5 Å². The fourth-order valence-corrected chi connectivity index (χ4v) is 5.60. The normalized spacial score (nSPS) is 11.8. The second-order valence-electron chi connectivity index (χ2n) is 8.58. The molecule has 1 atom stereocenters. The van der Waals surface area contributed by atoms with Crippen LogP contribution in [0.4, 0.5) is 5.69 Å². The number of hydrogen-bond donors (Lipinski definition) is 1. The fraction of sp³-hybridized carbons (Fsp3) is 0.286. The smallest absolute Gasteiger partial charge is 0.264 e. The van der Waals surface area contributed by atoms with Crippen molar-refractivity contribution in [3.8, 4) is 11.5 Å². The van der Waals surface area contributed by atoms with Crippen LogP contribution in [-0.2, 0) is 26.2 Å². The summed E-state index contributed by atoms with van der Waals surface area (Å²) in [7, 11) is -1.32. The Balaban J connectivity index is 2.06. The Morgan fingerprint density at radius 2 is 1.59 bits per heavy atom. The number of carbonyl (C=O) groups excluding carboxylic acids is 2. The maximum Gasteiger partial charge on any atom is 0.264 e. The minimum atomic E-state index is -4.23. The van der Waals surface area contributed by atoms with Gasteiger partial charge in [-0.05, 0) is 67.9 Å². The van der Waals surface area contributed by atoms with E-state index in [1.54, 1.807) is 38.1 Å². The number of nitrogens with zero attached hydrogens (tertiary/aromatic N) is 2. The lowest BCUT2D eigenvalue weighted by molar-refractivity contribution is -0.139. The molecule has 0 heterocycles. The van der Waals surface area contributed by atoms with Crippen LogP contribution in [0.5, 0.6) is 11.5 Å². The molecule has 208 valence electrons. The third kappa shape index (κ3) is 7.30. The van der Waals surface area contributed by atoms with Gasteiger partial charge in [0.15, 0.2) is 0 Å². The van der Waals surface area contributed by atoms with Crippen LogP contribution in [0.3, 0.4) is 0 Å². The molecule has 0 saturated carbocycles. The lowest BCUT2D eigenvalue weighted by Gasteiger charge is -2.32. The van der Waals surface area contributed by atoms with Crippen molar-refractivity contribution in [2.45, 2.75) is 31.3 Å². The van der Waals surface area contributed by atoms with Gasteiger partial charge in [-0.15, -0.1) is 0 Å². The van der Waals surface area contributed by atoms with E-state index in [1.165, 1.54) is 43.4 Å².